The van der Waals surface area contributed by atoms with Gasteiger partial charge in [-0.2, -0.15) is 5.26 Å². The van der Waals surface area contributed by atoms with Crippen molar-refractivity contribution in [3.63, 3.8) is 0 Å². The van der Waals surface area contributed by atoms with Crippen molar-refractivity contribution in [3.05, 3.63) is 35.9 Å². The van der Waals surface area contributed by atoms with Gasteiger partial charge < -0.3 is 16.4 Å². The first-order chi connectivity index (χ1) is 11.3. The molecule has 0 unspecified atom stereocenters. The molecule has 0 saturated carbocycles. The van der Waals surface area contributed by atoms with Crippen molar-refractivity contribution in [2.75, 3.05) is 0 Å². The summed E-state index contributed by atoms with van der Waals surface area (Å²) in [6.07, 6.45) is 0.404. The summed E-state index contributed by atoms with van der Waals surface area (Å²) < 4.78 is 0. The van der Waals surface area contributed by atoms with Crippen LogP contribution in [0.2, 0.25) is 0 Å². The van der Waals surface area contributed by atoms with Gasteiger partial charge in [0.15, 0.2) is 0 Å². The Hall–Kier alpha value is -2.88. The highest BCUT2D eigenvalue weighted by molar-refractivity contribution is 5.91. The largest absolute Gasteiger partial charge is 0.368 e. The van der Waals surface area contributed by atoms with Crippen LogP contribution in [-0.2, 0) is 20.8 Å². The van der Waals surface area contributed by atoms with E-state index in [-0.39, 0.29) is 18.7 Å². The van der Waals surface area contributed by atoms with Crippen LogP contribution in [0.25, 0.3) is 0 Å². The lowest BCUT2D eigenvalue weighted by Gasteiger charge is -2.22. The quantitative estimate of drug-likeness (QED) is 0.632. The zero-order chi connectivity index (χ0) is 18.1. The van der Waals surface area contributed by atoms with Crippen molar-refractivity contribution in [1.82, 2.24) is 10.6 Å². The minimum absolute atomic E-state index is 0.121. The fourth-order valence-corrected chi connectivity index (χ4v) is 2.23. The van der Waals surface area contributed by atoms with Gasteiger partial charge in [0, 0.05) is 19.3 Å². The summed E-state index contributed by atoms with van der Waals surface area (Å²) in [5.41, 5.74) is 6.16. The van der Waals surface area contributed by atoms with E-state index in [0.717, 1.165) is 5.56 Å². The van der Waals surface area contributed by atoms with E-state index in [9.17, 15) is 14.4 Å². The lowest BCUT2D eigenvalue weighted by atomic mass is 10.0. The highest BCUT2D eigenvalue weighted by Gasteiger charge is 2.26. The maximum Gasteiger partial charge on any atom is 0.243 e. The van der Waals surface area contributed by atoms with Gasteiger partial charge in [-0.25, -0.2) is 0 Å². The molecule has 0 bridgehead atoms. The zero-order valence-electron chi connectivity index (χ0n) is 13.8. The summed E-state index contributed by atoms with van der Waals surface area (Å²) in [6, 6.07) is 9.40. The molecule has 1 aromatic carbocycles. The smallest absolute Gasteiger partial charge is 0.243 e. The van der Waals surface area contributed by atoms with Gasteiger partial charge in [0.2, 0.25) is 17.7 Å². The van der Waals surface area contributed by atoms with Crippen molar-refractivity contribution in [3.8, 4) is 6.07 Å². The van der Waals surface area contributed by atoms with Crippen molar-refractivity contribution < 1.29 is 14.4 Å². The van der Waals surface area contributed by atoms with Crippen LogP contribution in [0.3, 0.4) is 0 Å². The third-order valence-corrected chi connectivity index (χ3v) is 3.45. The van der Waals surface area contributed by atoms with Gasteiger partial charge in [-0.1, -0.05) is 30.3 Å². The molecule has 0 aliphatic carbocycles. The minimum Gasteiger partial charge on any atom is -0.368 e. The SMILES string of the molecule is CC(=O)N[C@H](Cc1ccccc1)C(=O)N[C@@H](C[C@@H](C)C#N)C(N)=O. The molecule has 0 aliphatic rings. The number of nitrogens with two attached hydrogens (primary N) is 1. The highest BCUT2D eigenvalue weighted by Crippen LogP contribution is 2.07. The van der Waals surface area contributed by atoms with Gasteiger partial charge >= 0.3 is 0 Å². The van der Waals surface area contributed by atoms with Crippen molar-refractivity contribution >= 4 is 17.7 Å². The second-order valence-electron chi connectivity index (χ2n) is 5.67. The van der Waals surface area contributed by atoms with Gasteiger partial charge in [0.25, 0.3) is 0 Å². The molecule has 0 saturated heterocycles. The van der Waals surface area contributed by atoms with Crippen LogP contribution in [0.4, 0.5) is 0 Å². The number of hydrogen-bond donors (Lipinski definition) is 3. The van der Waals surface area contributed by atoms with E-state index < -0.39 is 29.8 Å². The number of carbonyl (C=O) groups is 3. The number of nitriles is 1. The Morgan fingerprint density at radius 3 is 2.29 bits per heavy atom. The molecule has 7 heteroatoms. The third kappa shape index (κ3) is 6.48. The fourth-order valence-electron chi connectivity index (χ4n) is 2.23. The summed E-state index contributed by atoms with van der Waals surface area (Å²) in [6.45, 7) is 2.95. The van der Waals surface area contributed by atoms with Crippen molar-refractivity contribution in [2.45, 2.75) is 38.8 Å². The summed E-state index contributed by atoms with van der Waals surface area (Å²) >= 11 is 0. The van der Waals surface area contributed by atoms with E-state index in [0.29, 0.717) is 0 Å². The predicted octanol–water partition coefficient (Wildman–Crippen LogP) is 0.254. The first-order valence-corrected chi connectivity index (χ1v) is 7.63. The average Bonchev–Trinajstić information content (AvgIpc) is 2.53. The van der Waals surface area contributed by atoms with E-state index in [4.69, 9.17) is 11.0 Å². The van der Waals surface area contributed by atoms with Crippen LogP contribution in [0, 0.1) is 17.2 Å². The van der Waals surface area contributed by atoms with Crippen LogP contribution in [-0.4, -0.2) is 29.8 Å². The number of hydrogen-bond acceptors (Lipinski definition) is 4. The number of nitrogens with one attached hydrogen (secondary N) is 2. The molecule has 0 radical (unpaired) electrons. The average molecular weight is 330 g/mol. The maximum atomic E-state index is 12.5. The van der Waals surface area contributed by atoms with Gasteiger partial charge in [0.05, 0.1) is 6.07 Å². The first kappa shape index (κ1) is 19.2. The summed E-state index contributed by atoms with van der Waals surface area (Å²) in [5, 5.41) is 14.0. The minimum atomic E-state index is -0.959. The Labute approximate surface area is 141 Å². The molecule has 0 heterocycles. The van der Waals surface area contributed by atoms with E-state index >= 15 is 0 Å². The summed E-state index contributed by atoms with van der Waals surface area (Å²) in [4.78, 5) is 35.3. The normalized spacial score (nSPS) is 13.9. The molecule has 1 aromatic rings. The van der Waals surface area contributed by atoms with Crippen LogP contribution in [0.5, 0.6) is 0 Å². The van der Waals surface area contributed by atoms with E-state index in [1.165, 1.54) is 6.92 Å². The highest BCUT2D eigenvalue weighted by atomic mass is 16.2. The van der Waals surface area contributed by atoms with Gasteiger partial charge in [-0.3, -0.25) is 14.4 Å². The monoisotopic (exact) mass is 330 g/mol. The number of benzene rings is 1. The fraction of sp³-hybridized carbons (Fsp3) is 0.412. The van der Waals surface area contributed by atoms with E-state index in [1.807, 2.05) is 36.4 Å². The number of rotatable bonds is 8. The second-order valence-corrected chi connectivity index (χ2v) is 5.67. The van der Waals surface area contributed by atoms with Crippen LogP contribution < -0.4 is 16.4 Å². The topological polar surface area (TPSA) is 125 Å². The molecule has 4 N–H and O–H groups in total. The molecule has 128 valence electrons. The molecule has 3 atom stereocenters. The molecule has 1 rings (SSSR count). The Balaban J connectivity index is 2.84. The number of amides is 3. The van der Waals surface area contributed by atoms with Crippen LogP contribution in [0.15, 0.2) is 30.3 Å². The predicted molar refractivity (Wildman–Crippen MR) is 88.3 cm³/mol. The number of nitrogens with zero attached hydrogens (tertiary/aromatic N) is 1. The van der Waals surface area contributed by atoms with E-state index in [2.05, 4.69) is 10.6 Å². The Kier molecular flexibility index (Phi) is 7.43. The standard InChI is InChI=1S/C17H22N4O3/c1-11(10-18)8-14(16(19)23)21-17(24)15(20-12(2)22)9-13-6-4-3-5-7-13/h3-7,11,14-15H,8-9H2,1-2H3,(H2,19,23)(H,20,22)(H,21,24)/t11-,14+,15-/m1/s1. The second kappa shape index (κ2) is 9.30. The summed E-state index contributed by atoms with van der Waals surface area (Å²) in [5.74, 6) is -2.02. The first-order valence-electron chi connectivity index (χ1n) is 7.63. The molecular weight excluding hydrogens is 308 g/mol. The Morgan fingerprint density at radius 2 is 1.79 bits per heavy atom. The van der Waals surface area contributed by atoms with Crippen molar-refractivity contribution in [1.29, 1.82) is 5.26 Å². The Morgan fingerprint density at radius 1 is 1.17 bits per heavy atom. The molecule has 0 spiro atoms. The lowest BCUT2D eigenvalue weighted by Crippen LogP contribution is -2.53. The van der Waals surface area contributed by atoms with E-state index in [1.54, 1.807) is 6.92 Å². The zero-order valence-corrected chi connectivity index (χ0v) is 13.8. The van der Waals surface area contributed by atoms with Gasteiger partial charge in [-0.05, 0) is 18.9 Å². The third-order valence-electron chi connectivity index (χ3n) is 3.45. The molecule has 0 fully saturated rings. The maximum absolute atomic E-state index is 12.5. The molecule has 7 nitrogen and oxygen atoms in total. The molecule has 0 aromatic heterocycles. The summed E-state index contributed by atoms with van der Waals surface area (Å²) in [7, 11) is 0. The Bertz CT molecular complexity index is 624. The van der Waals surface area contributed by atoms with Crippen molar-refractivity contribution in [2.24, 2.45) is 11.7 Å². The van der Waals surface area contributed by atoms with Gasteiger partial charge in [0.1, 0.15) is 12.1 Å². The molecular formula is C17H22N4O3. The lowest BCUT2D eigenvalue weighted by molar-refractivity contribution is -0.131. The van der Waals surface area contributed by atoms with Gasteiger partial charge in [-0.15, -0.1) is 0 Å². The number of carbonyl (C=O) groups excluding carboxylic acids is 3. The molecule has 24 heavy (non-hydrogen) atoms. The molecule has 0 aliphatic heterocycles. The van der Waals surface area contributed by atoms with Crippen LogP contribution >= 0.6 is 0 Å². The van der Waals surface area contributed by atoms with Crippen LogP contribution in [0.1, 0.15) is 25.8 Å². The number of primary amides is 1. The molecule has 3 amide bonds.